The third-order valence-electron chi connectivity index (χ3n) is 2.64. The van der Waals surface area contributed by atoms with Gasteiger partial charge < -0.3 is 20.6 Å². The van der Waals surface area contributed by atoms with Crippen molar-refractivity contribution in [2.24, 2.45) is 0 Å². The molecule has 6 nitrogen and oxygen atoms in total. The van der Waals surface area contributed by atoms with Crippen LogP contribution in [0.3, 0.4) is 0 Å². The van der Waals surface area contributed by atoms with Crippen LogP contribution in [0.2, 0.25) is 0 Å². The second-order valence-electron chi connectivity index (χ2n) is 4.30. The highest BCUT2D eigenvalue weighted by Crippen LogP contribution is 2.14. The molecule has 17 heavy (non-hydrogen) atoms. The molecule has 0 aromatic carbocycles. The standard InChI is InChI=1S/C11H23N3O3/c1-5-14(11(2,3)9(15)16)10(17)13-8-6-7-12-4/h12H,5-8H2,1-4H3,(H,13,17)(H,15,16). The molecule has 0 aliphatic rings. The zero-order valence-corrected chi connectivity index (χ0v) is 11.0. The predicted molar refractivity (Wildman–Crippen MR) is 66.0 cm³/mol. The molecule has 2 amide bonds. The first kappa shape index (κ1) is 15.7. The molecule has 0 heterocycles. The van der Waals surface area contributed by atoms with E-state index in [1.54, 1.807) is 6.92 Å². The lowest BCUT2D eigenvalue weighted by molar-refractivity contribution is -0.147. The van der Waals surface area contributed by atoms with Crippen molar-refractivity contribution in [1.82, 2.24) is 15.5 Å². The van der Waals surface area contributed by atoms with Gasteiger partial charge in [0.05, 0.1) is 0 Å². The number of amides is 2. The van der Waals surface area contributed by atoms with Gasteiger partial charge in [0.2, 0.25) is 0 Å². The quantitative estimate of drug-likeness (QED) is 0.570. The SMILES string of the molecule is CCN(C(=O)NCCCNC)C(C)(C)C(=O)O. The number of carbonyl (C=O) groups excluding carboxylic acids is 1. The lowest BCUT2D eigenvalue weighted by Gasteiger charge is -2.34. The van der Waals surface area contributed by atoms with E-state index in [1.165, 1.54) is 18.7 Å². The number of carboxylic acid groups (broad SMARTS) is 1. The molecule has 0 spiro atoms. The summed E-state index contributed by atoms with van der Waals surface area (Å²) in [6.07, 6.45) is 0.813. The number of aliphatic carboxylic acids is 1. The number of hydrogen-bond donors (Lipinski definition) is 3. The highest BCUT2D eigenvalue weighted by molar-refractivity contribution is 5.85. The van der Waals surface area contributed by atoms with Crippen molar-refractivity contribution in [2.75, 3.05) is 26.7 Å². The Balaban J connectivity index is 4.36. The van der Waals surface area contributed by atoms with Crippen LogP contribution in [0.25, 0.3) is 0 Å². The summed E-state index contributed by atoms with van der Waals surface area (Å²) in [6, 6.07) is -0.337. The fourth-order valence-corrected chi connectivity index (χ4v) is 1.46. The van der Waals surface area contributed by atoms with Crippen LogP contribution >= 0.6 is 0 Å². The molecule has 0 radical (unpaired) electrons. The summed E-state index contributed by atoms with van der Waals surface area (Å²) in [4.78, 5) is 24.2. The molecule has 0 fully saturated rings. The number of nitrogens with one attached hydrogen (secondary N) is 2. The summed E-state index contributed by atoms with van der Waals surface area (Å²) >= 11 is 0. The van der Waals surface area contributed by atoms with E-state index in [1.807, 2.05) is 7.05 Å². The molecule has 0 aromatic heterocycles. The van der Waals surface area contributed by atoms with Crippen molar-refractivity contribution < 1.29 is 14.7 Å². The molecule has 0 unspecified atom stereocenters. The van der Waals surface area contributed by atoms with Crippen molar-refractivity contribution in [3.8, 4) is 0 Å². The highest BCUT2D eigenvalue weighted by atomic mass is 16.4. The van der Waals surface area contributed by atoms with E-state index >= 15 is 0 Å². The van der Waals surface area contributed by atoms with Crippen LogP contribution < -0.4 is 10.6 Å². The van der Waals surface area contributed by atoms with Crippen LogP contribution in [0.4, 0.5) is 4.79 Å². The first-order valence-corrected chi connectivity index (χ1v) is 5.81. The van der Waals surface area contributed by atoms with Crippen LogP contribution in [-0.4, -0.2) is 54.2 Å². The molecule has 100 valence electrons. The van der Waals surface area contributed by atoms with Crippen LogP contribution in [0.1, 0.15) is 27.2 Å². The van der Waals surface area contributed by atoms with E-state index in [2.05, 4.69) is 10.6 Å². The second kappa shape index (κ2) is 7.11. The first-order chi connectivity index (χ1) is 7.87. The van der Waals surface area contributed by atoms with Gasteiger partial charge in [0, 0.05) is 13.1 Å². The van der Waals surface area contributed by atoms with Crippen molar-refractivity contribution in [1.29, 1.82) is 0 Å². The third kappa shape index (κ3) is 4.60. The van der Waals surface area contributed by atoms with Gasteiger partial charge in [0.25, 0.3) is 0 Å². The van der Waals surface area contributed by atoms with E-state index in [9.17, 15) is 9.59 Å². The minimum atomic E-state index is -1.19. The van der Waals surface area contributed by atoms with Gasteiger partial charge in [-0.25, -0.2) is 9.59 Å². The number of urea groups is 1. The number of likely N-dealkylation sites (N-methyl/N-ethyl adjacent to an activating group) is 1. The Morgan fingerprint density at radius 3 is 2.29 bits per heavy atom. The molecule has 0 saturated carbocycles. The van der Waals surface area contributed by atoms with Gasteiger partial charge >= 0.3 is 12.0 Å². The zero-order valence-electron chi connectivity index (χ0n) is 11.0. The molecule has 3 N–H and O–H groups in total. The number of rotatable bonds is 7. The highest BCUT2D eigenvalue weighted by Gasteiger charge is 2.36. The summed E-state index contributed by atoms with van der Waals surface area (Å²) in [6.45, 7) is 6.51. The van der Waals surface area contributed by atoms with Crippen LogP contribution in [0.15, 0.2) is 0 Å². The summed E-state index contributed by atoms with van der Waals surface area (Å²) in [5.74, 6) is -1.01. The normalized spacial score (nSPS) is 11.1. The van der Waals surface area contributed by atoms with E-state index in [0.29, 0.717) is 13.1 Å². The van der Waals surface area contributed by atoms with Gasteiger partial charge in [0.15, 0.2) is 0 Å². The Morgan fingerprint density at radius 1 is 1.29 bits per heavy atom. The average molecular weight is 245 g/mol. The topological polar surface area (TPSA) is 81.7 Å². The summed E-state index contributed by atoms with van der Waals surface area (Å²) < 4.78 is 0. The number of hydrogen-bond acceptors (Lipinski definition) is 3. The monoisotopic (exact) mass is 245 g/mol. The molecule has 0 saturated heterocycles. The Labute approximate surface area is 102 Å². The maximum atomic E-state index is 11.8. The van der Waals surface area contributed by atoms with Gasteiger partial charge in [-0.2, -0.15) is 0 Å². The summed E-state index contributed by atoms with van der Waals surface area (Å²) in [5, 5.41) is 14.8. The van der Waals surface area contributed by atoms with Gasteiger partial charge in [-0.15, -0.1) is 0 Å². The molecule has 6 heteroatoms. The average Bonchev–Trinajstić information content (AvgIpc) is 2.24. The van der Waals surface area contributed by atoms with E-state index in [0.717, 1.165) is 13.0 Å². The summed E-state index contributed by atoms with van der Waals surface area (Å²) in [5.41, 5.74) is -1.19. The second-order valence-corrected chi connectivity index (χ2v) is 4.30. The predicted octanol–water partition coefficient (Wildman–Crippen LogP) is 0.491. The van der Waals surface area contributed by atoms with Crippen molar-refractivity contribution in [2.45, 2.75) is 32.7 Å². The van der Waals surface area contributed by atoms with Gasteiger partial charge in [0.1, 0.15) is 5.54 Å². The number of nitrogens with zero attached hydrogens (tertiary/aromatic N) is 1. The molecule has 0 aromatic rings. The zero-order chi connectivity index (χ0) is 13.5. The number of carboxylic acids is 1. The third-order valence-corrected chi connectivity index (χ3v) is 2.64. The van der Waals surface area contributed by atoms with Crippen LogP contribution in [0.5, 0.6) is 0 Å². The van der Waals surface area contributed by atoms with Crippen molar-refractivity contribution in [3.63, 3.8) is 0 Å². The minimum absolute atomic E-state index is 0.337. The van der Waals surface area contributed by atoms with E-state index < -0.39 is 11.5 Å². The van der Waals surface area contributed by atoms with Crippen LogP contribution in [0, 0.1) is 0 Å². The maximum absolute atomic E-state index is 11.8. The maximum Gasteiger partial charge on any atom is 0.329 e. The van der Waals surface area contributed by atoms with Crippen molar-refractivity contribution >= 4 is 12.0 Å². The fraction of sp³-hybridized carbons (Fsp3) is 0.818. The lowest BCUT2D eigenvalue weighted by Crippen LogP contribution is -2.56. The van der Waals surface area contributed by atoms with Crippen molar-refractivity contribution in [3.05, 3.63) is 0 Å². The van der Waals surface area contributed by atoms with Gasteiger partial charge in [-0.3, -0.25) is 0 Å². The summed E-state index contributed by atoms with van der Waals surface area (Å²) in [7, 11) is 1.84. The Hall–Kier alpha value is -1.30. The van der Waals surface area contributed by atoms with Gasteiger partial charge in [-0.05, 0) is 40.8 Å². The Morgan fingerprint density at radius 2 is 1.88 bits per heavy atom. The Bertz CT molecular complexity index is 267. The number of carbonyl (C=O) groups is 2. The molecule has 0 rings (SSSR count). The van der Waals surface area contributed by atoms with Gasteiger partial charge in [-0.1, -0.05) is 0 Å². The lowest BCUT2D eigenvalue weighted by atomic mass is 10.0. The van der Waals surface area contributed by atoms with E-state index in [4.69, 9.17) is 5.11 Å². The smallest absolute Gasteiger partial charge is 0.329 e. The van der Waals surface area contributed by atoms with E-state index in [-0.39, 0.29) is 6.03 Å². The fourth-order valence-electron chi connectivity index (χ4n) is 1.46. The molecule has 0 atom stereocenters. The minimum Gasteiger partial charge on any atom is -0.480 e. The molecule has 0 aliphatic carbocycles. The molecule has 0 bridgehead atoms. The molecule has 0 aliphatic heterocycles. The largest absolute Gasteiger partial charge is 0.480 e. The van der Waals surface area contributed by atoms with Crippen LogP contribution in [-0.2, 0) is 4.79 Å². The first-order valence-electron chi connectivity index (χ1n) is 5.81. The molecular formula is C11H23N3O3. The Kier molecular flexibility index (Phi) is 6.57. The molecular weight excluding hydrogens is 222 g/mol.